The highest BCUT2D eigenvalue weighted by atomic mass is 16.5. The van der Waals surface area contributed by atoms with Gasteiger partial charge in [-0.1, -0.05) is 18.2 Å². The third kappa shape index (κ3) is 4.04. The molecule has 0 radical (unpaired) electrons. The van der Waals surface area contributed by atoms with Crippen LogP contribution in [0.15, 0.2) is 24.3 Å². The van der Waals surface area contributed by atoms with Gasteiger partial charge in [0.1, 0.15) is 0 Å². The summed E-state index contributed by atoms with van der Waals surface area (Å²) in [6, 6.07) is 0. The maximum absolute atomic E-state index is 12.4. The van der Waals surface area contributed by atoms with Crippen LogP contribution >= 0.6 is 0 Å². The van der Waals surface area contributed by atoms with Crippen LogP contribution in [0.5, 0.6) is 0 Å². The number of aromatic nitrogens is 1. The zero-order valence-electron chi connectivity index (χ0n) is 13.5. The molecule has 5 heteroatoms. The Bertz CT molecular complexity index is 650. The second-order valence-corrected chi connectivity index (χ2v) is 5.01. The molecule has 5 nitrogen and oxygen atoms in total. The van der Waals surface area contributed by atoms with E-state index in [0.29, 0.717) is 22.5 Å². The zero-order valence-corrected chi connectivity index (χ0v) is 13.5. The fraction of sp³-hybridized carbons (Fsp3) is 0.353. The van der Waals surface area contributed by atoms with Crippen LogP contribution in [-0.4, -0.2) is 28.6 Å². The Morgan fingerprint density at radius 1 is 1.18 bits per heavy atom. The number of carbonyl (C=O) groups is 3. The monoisotopic (exact) mass is 303 g/mol. The lowest BCUT2D eigenvalue weighted by Crippen LogP contribution is -2.24. The quantitative estimate of drug-likeness (QED) is 0.379. The molecule has 1 atom stereocenters. The number of hydrogen-bond acceptors (Lipinski definition) is 4. The lowest BCUT2D eigenvalue weighted by molar-refractivity contribution is -0.140. The number of aryl methyl sites for hydroxylation is 1. The van der Waals surface area contributed by atoms with Crippen molar-refractivity contribution in [2.75, 3.05) is 0 Å². The summed E-state index contributed by atoms with van der Waals surface area (Å²) >= 11 is 0. The van der Waals surface area contributed by atoms with Crippen molar-refractivity contribution in [2.45, 2.75) is 40.7 Å². The number of Topliss-reactive ketones (excluding diaryl/α,β-unsaturated/α-hetero) is 2. The van der Waals surface area contributed by atoms with Gasteiger partial charge in [0, 0.05) is 17.3 Å². The summed E-state index contributed by atoms with van der Waals surface area (Å²) in [6.07, 6.45) is 5.31. The minimum atomic E-state index is -0.931. The Morgan fingerprint density at radius 3 is 2.32 bits per heavy atom. The van der Waals surface area contributed by atoms with Gasteiger partial charge in [0.2, 0.25) is 5.78 Å². The van der Waals surface area contributed by atoms with Crippen LogP contribution in [0.4, 0.5) is 0 Å². The first-order valence-corrected chi connectivity index (χ1v) is 7.03. The lowest BCUT2D eigenvalue weighted by Gasteiger charge is -2.10. The molecule has 1 aromatic rings. The molecule has 1 aromatic heterocycles. The Hall–Kier alpha value is -2.43. The summed E-state index contributed by atoms with van der Waals surface area (Å²) in [5.41, 5.74) is 2.04. The van der Waals surface area contributed by atoms with Crippen LogP contribution in [0.3, 0.4) is 0 Å². The molecule has 0 amide bonds. The smallest absolute Gasteiger partial charge is 0.331 e. The van der Waals surface area contributed by atoms with Gasteiger partial charge in [-0.05, 0) is 40.2 Å². The Balaban J connectivity index is 2.90. The number of hydrogen-bond donors (Lipinski definition) is 1. The van der Waals surface area contributed by atoms with Gasteiger partial charge in [-0.15, -0.1) is 0 Å². The van der Waals surface area contributed by atoms with Crippen LogP contribution in [0.1, 0.15) is 52.9 Å². The van der Waals surface area contributed by atoms with Crippen molar-refractivity contribution in [3.63, 3.8) is 0 Å². The molecule has 0 aliphatic rings. The van der Waals surface area contributed by atoms with Crippen LogP contribution in [0, 0.1) is 13.8 Å². The van der Waals surface area contributed by atoms with Crippen LogP contribution in [0.2, 0.25) is 0 Å². The molecule has 118 valence electrons. The minimum Gasteiger partial charge on any atom is -0.451 e. The van der Waals surface area contributed by atoms with Gasteiger partial charge in [-0.2, -0.15) is 0 Å². The largest absolute Gasteiger partial charge is 0.451 e. The van der Waals surface area contributed by atoms with Crippen molar-refractivity contribution in [1.82, 2.24) is 4.98 Å². The first-order chi connectivity index (χ1) is 10.3. The molecule has 1 rings (SSSR count). The fourth-order valence-corrected chi connectivity index (χ4v) is 2.24. The SMILES string of the molecule is C/C=C/C=C/C(=O)OC(C)C(=O)c1[nH]c(C)c(C(C)=O)c1C. The average molecular weight is 303 g/mol. The van der Waals surface area contributed by atoms with Gasteiger partial charge in [-0.25, -0.2) is 4.79 Å². The van der Waals surface area contributed by atoms with Crippen molar-refractivity contribution in [3.05, 3.63) is 46.8 Å². The second kappa shape index (κ2) is 7.54. The molecule has 0 aliphatic carbocycles. The number of nitrogens with one attached hydrogen (secondary N) is 1. The zero-order chi connectivity index (χ0) is 16.9. The van der Waals surface area contributed by atoms with E-state index in [1.54, 1.807) is 26.0 Å². The molecule has 1 N–H and O–H groups in total. The van der Waals surface area contributed by atoms with Crippen molar-refractivity contribution < 1.29 is 19.1 Å². The third-order valence-electron chi connectivity index (χ3n) is 3.23. The molecule has 1 unspecified atom stereocenters. The van der Waals surface area contributed by atoms with Gasteiger partial charge in [0.25, 0.3) is 0 Å². The van der Waals surface area contributed by atoms with E-state index in [2.05, 4.69) is 4.98 Å². The molecule has 0 saturated carbocycles. The maximum Gasteiger partial charge on any atom is 0.331 e. The second-order valence-electron chi connectivity index (χ2n) is 5.01. The molecule has 0 saturated heterocycles. The van der Waals surface area contributed by atoms with Crippen molar-refractivity contribution in [1.29, 1.82) is 0 Å². The van der Waals surface area contributed by atoms with Crippen LogP contribution in [-0.2, 0) is 9.53 Å². The van der Waals surface area contributed by atoms with Gasteiger partial charge in [0.05, 0.1) is 5.69 Å². The highest BCUT2D eigenvalue weighted by Gasteiger charge is 2.25. The predicted molar refractivity (Wildman–Crippen MR) is 84.1 cm³/mol. The highest BCUT2D eigenvalue weighted by molar-refractivity contribution is 6.05. The van der Waals surface area contributed by atoms with E-state index in [0.717, 1.165) is 0 Å². The van der Waals surface area contributed by atoms with E-state index in [4.69, 9.17) is 4.74 Å². The Kier molecular flexibility index (Phi) is 6.04. The van der Waals surface area contributed by atoms with Crippen molar-refractivity contribution >= 4 is 17.5 Å². The molecule has 0 aliphatic heterocycles. The number of rotatable bonds is 6. The minimum absolute atomic E-state index is 0.107. The van der Waals surface area contributed by atoms with Gasteiger partial charge in [-0.3, -0.25) is 9.59 Å². The molecule has 0 fully saturated rings. The molecule has 0 spiro atoms. The number of ether oxygens (including phenoxy) is 1. The molecule has 0 aromatic carbocycles. The Labute approximate surface area is 130 Å². The maximum atomic E-state index is 12.4. The number of aromatic amines is 1. The van der Waals surface area contributed by atoms with Gasteiger partial charge in [0.15, 0.2) is 11.9 Å². The predicted octanol–water partition coefficient (Wildman–Crippen LogP) is 3.08. The molecular weight excluding hydrogens is 282 g/mol. The third-order valence-corrected chi connectivity index (χ3v) is 3.23. The van der Waals surface area contributed by atoms with E-state index < -0.39 is 12.1 Å². The van der Waals surface area contributed by atoms with Crippen LogP contribution in [0.25, 0.3) is 0 Å². The molecule has 0 bridgehead atoms. The molecule has 22 heavy (non-hydrogen) atoms. The molecular formula is C17H21NO4. The fourth-order valence-electron chi connectivity index (χ4n) is 2.24. The summed E-state index contributed by atoms with van der Waals surface area (Å²) in [5, 5.41) is 0. The van der Waals surface area contributed by atoms with Gasteiger partial charge >= 0.3 is 5.97 Å². The van der Waals surface area contributed by atoms with Crippen molar-refractivity contribution in [2.24, 2.45) is 0 Å². The topological polar surface area (TPSA) is 76.2 Å². The first-order valence-electron chi connectivity index (χ1n) is 7.03. The number of H-pyrrole nitrogens is 1. The number of allylic oxidation sites excluding steroid dienone is 3. The van der Waals surface area contributed by atoms with E-state index >= 15 is 0 Å². The lowest BCUT2D eigenvalue weighted by atomic mass is 10.0. The Morgan fingerprint density at radius 2 is 1.82 bits per heavy atom. The normalized spacial score (nSPS) is 12.8. The number of carbonyl (C=O) groups excluding carboxylic acids is 3. The first kappa shape index (κ1) is 17.6. The van der Waals surface area contributed by atoms with Gasteiger partial charge < -0.3 is 9.72 Å². The number of ketones is 2. The summed E-state index contributed by atoms with van der Waals surface area (Å²) < 4.78 is 5.06. The van der Waals surface area contributed by atoms with E-state index in [-0.39, 0.29) is 11.6 Å². The van der Waals surface area contributed by atoms with Crippen LogP contribution < -0.4 is 0 Å². The van der Waals surface area contributed by atoms with E-state index in [1.807, 2.05) is 6.92 Å². The highest BCUT2D eigenvalue weighted by Crippen LogP contribution is 2.20. The standard InChI is InChI=1S/C17H21NO4/c1-6-7-8-9-14(20)22-13(5)17(21)16-10(2)15(12(4)19)11(3)18-16/h6-9,13,18H,1-5H3/b7-6+,9-8+. The number of esters is 1. The van der Waals surface area contributed by atoms with E-state index in [1.165, 1.54) is 26.0 Å². The van der Waals surface area contributed by atoms with E-state index in [9.17, 15) is 14.4 Å². The summed E-state index contributed by atoms with van der Waals surface area (Å²) in [5.74, 6) is -1.06. The molecule has 1 heterocycles. The summed E-state index contributed by atoms with van der Waals surface area (Å²) in [4.78, 5) is 38.4. The summed E-state index contributed by atoms with van der Waals surface area (Å²) in [6.45, 7) is 8.22. The summed E-state index contributed by atoms with van der Waals surface area (Å²) in [7, 11) is 0. The average Bonchev–Trinajstić information content (AvgIpc) is 2.73. The van der Waals surface area contributed by atoms with Crippen molar-refractivity contribution in [3.8, 4) is 0 Å².